The van der Waals surface area contributed by atoms with Gasteiger partial charge in [-0.15, -0.1) is 11.3 Å². The molecule has 4 rings (SSSR count). The molecule has 1 aromatic carbocycles. The number of fused-ring (bicyclic) bond motifs is 3. The van der Waals surface area contributed by atoms with Gasteiger partial charge in [-0.25, -0.2) is 14.8 Å². The number of rotatable bonds is 2. The van der Waals surface area contributed by atoms with E-state index in [2.05, 4.69) is 15.3 Å². The number of hydrogen-bond acceptors (Lipinski definition) is 5. The number of anilines is 2. The molecule has 2 aromatic heterocycles. The Hall–Kier alpha value is -2.67. The van der Waals surface area contributed by atoms with Crippen molar-refractivity contribution in [3.63, 3.8) is 0 Å². The summed E-state index contributed by atoms with van der Waals surface area (Å²) in [6, 6.07) is 7.80. The fourth-order valence-corrected chi connectivity index (χ4v) is 4.55. The lowest BCUT2D eigenvalue weighted by atomic mass is 10.1. The molecule has 0 atom stereocenters. The predicted molar refractivity (Wildman–Crippen MR) is 106 cm³/mol. The number of urea groups is 1. The second-order valence-electron chi connectivity index (χ2n) is 6.75. The number of aryl methyl sites for hydroxylation is 1. The molecule has 0 bridgehead atoms. The van der Waals surface area contributed by atoms with Crippen LogP contribution < -0.4 is 10.2 Å². The molecule has 1 aliphatic rings. The van der Waals surface area contributed by atoms with E-state index in [1.54, 1.807) is 17.7 Å². The Labute approximate surface area is 156 Å². The van der Waals surface area contributed by atoms with Crippen LogP contribution in [0.3, 0.4) is 0 Å². The van der Waals surface area contributed by atoms with Gasteiger partial charge in [-0.05, 0) is 36.6 Å². The van der Waals surface area contributed by atoms with Crippen LogP contribution in [0, 0.1) is 6.92 Å². The molecule has 6 nitrogen and oxygen atoms in total. The molecule has 0 aliphatic carbocycles. The second-order valence-corrected chi connectivity index (χ2v) is 7.83. The summed E-state index contributed by atoms with van der Waals surface area (Å²) < 4.78 is 0. The number of nitrogens with zero attached hydrogens (tertiary/aromatic N) is 4. The fourth-order valence-electron chi connectivity index (χ4n) is 3.35. The van der Waals surface area contributed by atoms with E-state index in [1.165, 1.54) is 10.4 Å². The number of aromatic nitrogens is 2. The lowest BCUT2D eigenvalue weighted by Crippen LogP contribution is -2.38. The van der Waals surface area contributed by atoms with Gasteiger partial charge < -0.3 is 15.1 Å². The molecule has 0 unspecified atom stereocenters. The predicted octanol–water partition coefficient (Wildman–Crippen LogP) is 3.66. The van der Waals surface area contributed by atoms with E-state index in [4.69, 9.17) is 0 Å². The van der Waals surface area contributed by atoms with Gasteiger partial charge >= 0.3 is 6.03 Å². The van der Waals surface area contributed by atoms with E-state index in [1.807, 2.05) is 55.1 Å². The molecule has 134 valence electrons. The van der Waals surface area contributed by atoms with Crippen LogP contribution in [0.15, 0.2) is 30.6 Å². The van der Waals surface area contributed by atoms with Gasteiger partial charge in [0.2, 0.25) is 0 Å². The molecule has 2 amide bonds. The Bertz CT molecular complexity index is 981. The van der Waals surface area contributed by atoms with Gasteiger partial charge in [-0.1, -0.05) is 12.1 Å². The van der Waals surface area contributed by atoms with Gasteiger partial charge in [0.05, 0.1) is 11.9 Å². The number of carbonyl (C=O) groups is 1. The number of amides is 2. The summed E-state index contributed by atoms with van der Waals surface area (Å²) in [6.07, 6.45) is 2.44. The summed E-state index contributed by atoms with van der Waals surface area (Å²) in [5.41, 5.74) is 3.25. The van der Waals surface area contributed by atoms with Crippen molar-refractivity contribution in [2.75, 3.05) is 30.9 Å². The highest BCUT2D eigenvalue weighted by molar-refractivity contribution is 7.19. The topological polar surface area (TPSA) is 61.4 Å². The van der Waals surface area contributed by atoms with Crippen molar-refractivity contribution >= 4 is 39.1 Å². The Morgan fingerprint density at radius 3 is 2.92 bits per heavy atom. The van der Waals surface area contributed by atoms with Crippen molar-refractivity contribution in [2.24, 2.45) is 0 Å². The fraction of sp³-hybridized carbons (Fsp3) is 0.316. The summed E-state index contributed by atoms with van der Waals surface area (Å²) >= 11 is 1.66. The molecule has 0 radical (unpaired) electrons. The third-order valence-electron chi connectivity index (χ3n) is 4.60. The van der Waals surface area contributed by atoms with Crippen molar-refractivity contribution in [1.82, 2.24) is 14.9 Å². The highest BCUT2D eigenvalue weighted by Gasteiger charge is 2.26. The molecule has 3 aromatic rings. The molecule has 0 fully saturated rings. The SMILES string of the molecule is Cc1cccc(NC(=O)N2CCc3c(sc4ncnc(N(C)C)c34)C2)c1. The van der Waals surface area contributed by atoms with E-state index in [-0.39, 0.29) is 6.03 Å². The van der Waals surface area contributed by atoms with Gasteiger partial charge in [0.15, 0.2) is 0 Å². The van der Waals surface area contributed by atoms with Crippen LogP contribution in [-0.4, -0.2) is 41.5 Å². The lowest BCUT2D eigenvalue weighted by molar-refractivity contribution is 0.207. The molecular weight excluding hydrogens is 346 g/mol. The zero-order valence-electron chi connectivity index (χ0n) is 15.1. The zero-order valence-corrected chi connectivity index (χ0v) is 15.9. The lowest BCUT2D eigenvalue weighted by Gasteiger charge is -2.27. The average Bonchev–Trinajstić information content (AvgIpc) is 2.99. The molecule has 1 N–H and O–H groups in total. The van der Waals surface area contributed by atoms with Gasteiger partial charge in [-0.2, -0.15) is 0 Å². The molecular formula is C19H21N5OS. The van der Waals surface area contributed by atoms with Crippen molar-refractivity contribution in [2.45, 2.75) is 19.9 Å². The maximum atomic E-state index is 12.7. The molecule has 1 aliphatic heterocycles. The minimum atomic E-state index is -0.0578. The summed E-state index contributed by atoms with van der Waals surface area (Å²) in [5.74, 6) is 0.949. The number of thiophene rings is 1. The summed E-state index contributed by atoms with van der Waals surface area (Å²) in [4.78, 5) is 27.6. The quantitative estimate of drug-likeness (QED) is 0.751. The van der Waals surface area contributed by atoms with Crippen LogP contribution in [0.1, 0.15) is 16.0 Å². The zero-order chi connectivity index (χ0) is 18.3. The smallest absolute Gasteiger partial charge is 0.322 e. The van der Waals surface area contributed by atoms with Crippen LogP contribution in [0.25, 0.3) is 10.2 Å². The van der Waals surface area contributed by atoms with Crippen molar-refractivity contribution < 1.29 is 4.79 Å². The summed E-state index contributed by atoms with van der Waals surface area (Å²) in [5, 5.41) is 4.14. The molecule has 7 heteroatoms. The van der Waals surface area contributed by atoms with Gasteiger partial charge in [0.25, 0.3) is 0 Å². The van der Waals surface area contributed by atoms with Crippen LogP contribution >= 0.6 is 11.3 Å². The van der Waals surface area contributed by atoms with Gasteiger partial charge in [0.1, 0.15) is 17.0 Å². The number of nitrogens with one attached hydrogen (secondary N) is 1. The highest BCUT2D eigenvalue weighted by Crippen LogP contribution is 2.37. The minimum absolute atomic E-state index is 0.0578. The van der Waals surface area contributed by atoms with Crippen LogP contribution in [-0.2, 0) is 13.0 Å². The molecule has 3 heterocycles. The average molecular weight is 367 g/mol. The molecule has 26 heavy (non-hydrogen) atoms. The summed E-state index contributed by atoms with van der Waals surface area (Å²) in [6.45, 7) is 3.32. The van der Waals surface area contributed by atoms with Crippen LogP contribution in [0.5, 0.6) is 0 Å². The normalized spacial score (nSPS) is 13.6. The Kier molecular flexibility index (Phi) is 4.24. The maximum Gasteiger partial charge on any atom is 0.322 e. The standard InChI is InChI=1S/C19H21N5OS/c1-12-5-4-6-13(9-12)22-19(25)24-8-7-14-15(10-24)26-18-16(14)17(23(2)3)20-11-21-18/h4-6,9,11H,7-8,10H2,1-3H3,(H,22,25). The Morgan fingerprint density at radius 2 is 2.15 bits per heavy atom. The van der Waals surface area contributed by atoms with E-state index in [0.29, 0.717) is 13.1 Å². The van der Waals surface area contributed by atoms with Crippen molar-refractivity contribution in [3.8, 4) is 0 Å². The first-order valence-electron chi connectivity index (χ1n) is 8.58. The number of benzene rings is 1. The Balaban J connectivity index is 1.59. The van der Waals surface area contributed by atoms with Gasteiger partial charge in [0, 0.05) is 31.2 Å². The van der Waals surface area contributed by atoms with E-state index < -0.39 is 0 Å². The van der Waals surface area contributed by atoms with E-state index in [9.17, 15) is 4.79 Å². The number of hydrogen-bond donors (Lipinski definition) is 1. The first-order valence-corrected chi connectivity index (χ1v) is 9.40. The van der Waals surface area contributed by atoms with Crippen LogP contribution in [0.2, 0.25) is 0 Å². The number of carbonyl (C=O) groups excluding carboxylic acids is 1. The van der Waals surface area contributed by atoms with Crippen molar-refractivity contribution in [3.05, 3.63) is 46.6 Å². The van der Waals surface area contributed by atoms with Crippen LogP contribution in [0.4, 0.5) is 16.3 Å². The first kappa shape index (κ1) is 16.8. The molecule has 0 spiro atoms. The van der Waals surface area contributed by atoms with Gasteiger partial charge in [-0.3, -0.25) is 0 Å². The van der Waals surface area contributed by atoms with Crippen molar-refractivity contribution in [1.29, 1.82) is 0 Å². The Morgan fingerprint density at radius 1 is 1.31 bits per heavy atom. The van der Waals surface area contributed by atoms with E-state index >= 15 is 0 Å². The first-order chi connectivity index (χ1) is 12.5. The highest BCUT2D eigenvalue weighted by atomic mass is 32.1. The largest absolute Gasteiger partial charge is 0.362 e. The molecule has 0 saturated heterocycles. The second kappa shape index (κ2) is 6.57. The summed E-state index contributed by atoms with van der Waals surface area (Å²) in [7, 11) is 3.99. The third-order valence-corrected chi connectivity index (χ3v) is 5.72. The monoisotopic (exact) mass is 367 g/mol. The minimum Gasteiger partial charge on any atom is -0.362 e. The maximum absolute atomic E-state index is 12.7. The molecule has 0 saturated carbocycles. The van der Waals surface area contributed by atoms with E-state index in [0.717, 1.165) is 33.7 Å². The third kappa shape index (κ3) is 2.99.